The minimum atomic E-state index is -2.97. The number of hydrogen-bond acceptors (Lipinski definition) is 4. The van der Waals surface area contributed by atoms with Gasteiger partial charge in [-0.2, -0.15) is 0 Å². The molecule has 2 heterocycles. The van der Waals surface area contributed by atoms with Gasteiger partial charge in [0, 0.05) is 62.5 Å². The van der Waals surface area contributed by atoms with Crippen molar-refractivity contribution in [1.82, 2.24) is 4.90 Å². The Morgan fingerprint density at radius 3 is 2.45 bits per heavy atom. The van der Waals surface area contributed by atoms with Gasteiger partial charge in [-0.25, -0.2) is 8.78 Å². The fourth-order valence-corrected chi connectivity index (χ4v) is 7.14. The minimum absolute atomic E-state index is 0.0857. The third kappa shape index (κ3) is 5.22. The van der Waals surface area contributed by atoms with Gasteiger partial charge in [-0.05, 0) is 67.2 Å². The topological polar surface area (TPSA) is 58.6 Å². The number of nitrogens with one attached hydrogen (secondary N) is 1. The van der Waals surface area contributed by atoms with Crippen molar-refractivity contribution in [2.75, 3.05) is 18.4 Å². The predicted octanol–water partition coefficient (Wildman–Crippen LogP) is 5.83. The zero-order chi connectivity index (χ0) is 26.4. The van der Waals surface area contributed by atoms with Crippen LogP contribution in [-0.4, -0.2) is 41.8 Å². The molecule has 0 bridgehead atoms. The molecule has 2 aromatic carbocycles. The highest BCUT2D eigenvalue weighted by Crippen LogP contribution is 2.54. The van der Waals surface area contributed by atoms with Crippen molar-refractivity contribution >= 4 is 17.4 Å². The van der Waals surface area contributed by atoms with Crippen LogP contribution in [0.4, 0.5) is 14.5 Å². The van der Waals surface area contributed by atoms with Crippen molar-refractivity contribution in [1.29, 1.82) is 0 Å². The van der Waals surface area contributed by atoms with Crippen molar-refractivity contribution in [2.24, 2.45) is 23.7 Å². The summed E-state index contributed by atoms with van der Waals surface area (Å²) in [7, 11) is 0. The minimum Gasteiger partial charge on any atom is -0.490 e. The molecule has 1 N–H and O–H groups in total. The molecule has 2 aliphatic carbocycles. The number of nitrogens with zero attached hydrogens (tertiary/aromatic N) is 1. The predicted molar refractivity (Wildman–Crippen MR) is 141 cm³/mol. The van der Waals surface area contributed by atoms with Crippen LogP contribution in [0.5, 0.6) is 5.75 Å². The highest BCUT2D eigenvalue weighted by Gasteiger charge is 2.59. The summed E-state index contributed by atoms with van der Waals surface area (Å²) < 4.78 is 33.3. The summed E-state index contributed by atoms with van der Waals surface area (Å²) in [5, 5.41) is 2.66. The first kappa shape index (κ1) is 25.5. The quantitative estimate of drug-likeness (QED) is 0.474. The molecule has 2 aliphatic heterocycles. The van der Waals surface area contributed by atoms with Crippen molar-refractivity contribution < 1.29 is 23.1 Å². The van der Waals surface area contributed by atoms with E-state index < -0.39 is 5.92 Å². The first-order chi connectivity index (χ1) is 18.3. The standard InChI is InChI=1S/C31H36F2N2O3/c1-31(32,33)21-6-4-7-22(16-21)34-29(37)14-13-26(36)30-24-17-35(18-25(24)30)23-11-9-19(10-12-23)28-15-20-5-2-3-8-27(20)38-28/h2-8,16,19,23-25,28,30H,9-15,17-18H2,1H3,(H,34,37)/t19?,23?,24-,25+,28?,30?. The van der Waals surface area contributed by atoms with Gasteiger partial charge in [-0.1, -0.05) is 30.3 Å². The first-order valence-electron chi connectivity index (χ1n) is 14.1. The van der Waals surface area contributed by atoms with Gasteiger partial charge in [0.25, 0.3) is 5.92 Å². The number of halogens is 2. The molecular weight excluding hydrogens is 486 g/mol. The van der Waals surface area contributed by atoms with E-state index in [0.29, 0.717) is 35.6 Å². The normalized spacial score (nSPS) is 30.3. The molecule has 1 amide bonds. The Bertz CT molecular complexity index is 1170. The van der Waals surface area contributed by atoms with E-state index in [2.05, 4.69) is 28.4 Å². The molecule has 3 fully saturated rings. The summed E-state index contributed by atoms with van der Waals surface area (Å²) in [5.41, 5.74) is 1.52. The molecule has 0 aromatic heterocycles. The van der Waals surface area contributed by atoms with Crippen LogP contribution in [0.15, 0.2) is 48.5 Å². The van der Waals surface area contributed by atoms with Crippen molar-refractivity contribution in [3.63, 3.8) is 0 Å². The van der Waals surface area contributed by atoms with Crippen molar-refractivity contribution in [3.8, 4) is 5.75 Å². The summed E-state index contributed by atoms with van der Waals surface area (Å²) in [4.78, 5) is 27.8. The maximum atomic E-state index is 13.5. The summed E-state index contributed by atoms with van der Waals surface area (Å²) in [6.45, 7) is 2.81. The number of hydrogen-bond donors (Lipinski definition) is 1. The van der Waals surface area contributed by atoms with E-state index in [4.69, 9.17) is 4.74 Å². The van der Waals surface area contributed by atoms with Crippen LogP contribution in [0.2, 0.25) is 0 Å². The van der Waals surface area contributed by atoms with Gasteiger partial charge in [0.1, 0.15) is 17.6 Å². The van der Waals surface area contributed by atoms with E-state index in [-0.39, 0.29) is 36.0 Å². The molecule has 5 nitrogen and oxygen atoms in total. The third-order valence-electron chi connectivity index (χ3n) is 9.30. The summed E-state index contributed by atoms with van der Waals surface area (Å²) in [6.07, 6.45) is 6.44. The molecule has 7 heteroatoms. The molecule has 202 valence electrons. The van der Waals surface area contributed by atoms with Crippen LogP contribution in [0.25, 0.3) is 0 Å². The highest BCUT2D eigenvalue weighted by molar-refractivity contribution is 5.94. The maximum absolute atomic E-state index is 13.5. The second kappa shape index (κ2) is 10.1. The average Bonchev–Trinajstić information content (AvgIpc) is 3.22. The van der Waals surface area contributed by atoms with Crippen LogP contribution < -0.4 is 10.1 Å². The Morgan fingerprint density at radius 2 is 1.74 bits per heavy atom. The Kier molecular flexibility index (Phi) is 6.75. The molecule has 2 saturated carbocycles. The SMILES string of the molecule is CC(F)(F)c1cccc(NC(=O)CCC(=O)C2[C@H]3CN(C4CCC(C5Cc6ccccc6O5)CC4)C[C@@H]23)c1. The van der Waals surface area contributed by atoms with Gasteiger partial charge in [0.15, 0.2) is 0 Å². The number of ether oxygens (including phenoxy) is 1. The van der Waals surface area contributed by atoms with Crippen molar-refractivity contribution in [2.45, 2.75) is 69.9 Å². The van der Waals surface area contributed by atoms with Crippen LogP contribution >= 0.6 is 0 Å². The van der Waals surface area contributed by atoms with Crippen molar-refractivity contribution in [3.05, 3.63) is 59.7 Å². The second-order valence-corrected chi connectivity index (χ2v) is 11.8. The number of likely N-dealkylation sites (tertiary alicyclic amines) is 1. The number of benzene rings is 2. The van der Waals surface area contributed by atoms with E-state index >= 15 is 0 Å². The summed E-state index contributed by atoms with van der Waals surface area (Å²) in [5.74, 6) is -0.481. The zero-order valence-corrected chi connectivity index (χ0v) is 21.9. The molecule has 1 saturated heterocycles. The zero-order valence-electron chi connectivity index (χ0n) is 21.9. The van der Waals surface area contributed by atoms with E-state index in [1.165, 1.54) is 49.4 Å². The van der Waals surface area contributed by atoms with Crippen LogP contribution in [-0.2, 0) is 21.9 Å². The largest absolute Gasteiger partial charge is 0.490 e. The fraction of sp³-hybridized carbons (Fsp3) is 0.548. The van der Waals surface area contributed by atoms with E-state index in [0.717, 1.165) is 32.2 Å². The Hall–Kier alpha value is -2.80. The van der Waals surface area contributed by atoms with E-state index in [1.807, 2.05) is 6.07 Å². The molecule has 38 heavy (non-hydrogen) atoms. The van der Waals surface area contributed by atoms with Gasteiger partial charge in [0.2, 0.25) is 5.91 Å². The number of amides is 1. The maximum Gasteiger partial charge on any atom is 0.270 e. The lowest BCUT2D eigenvalue weighted by atomic mass is 9.81. The summed E-state index contributed by atoms with van der Waals surface area (Å²) >= 11 is 0. The Morgan fingerprint density at radius 1 is 1.00 bits per heavy atom. The number of Topliss-reactive ketones (excluding diaryl/α,β-unsaturated/α-hetero) is 1. The monoisotopic (exact) mass is 522 g/mol. The van der Waals surface area contributed by atoms with Gasteiger partial charge < -0.3 is 10.1 Å². The third-order valence-corrected chi connectivity index (χ3v) is 9.30. The first-order valence-corrected chi connectivity index (χ1v) is 14.1. The molecule has 0 radical (unpaired) electrons. The van der Waals surface area contributed by atoms with Crippen LogP contribution in [0, 0.1) is 23.7 Å². The molecule has 6 rings (SSSR count). The number of piperidine rings is 1. The van der Waals surface area contributed by atoms with Gasteiger partial charge >= 0.3 is 0 Å². The average molecular weight is 523 g/mol. The number of carbonyl (C=O) groups excluding carboxylic acids is 2. The second-order valence-electron chi connectivity index (χ2n) is 11.8. The number of para-hydroxylation sites is 1. The van der Waals surface area contributed by atoms with E-state index in [1.54, 1.807) is 6.07 Å². The number of carbonyl (C=O) groups is 2. The molecule has 4 atom stereocenters. The van der Waals surface area contributed by atoms with Gasteiger partial charge in [-0.3, -0.25) is 14.5 Å². The number of ketones is 1. The Balaban J connectivity index is 0.912. The highest BCUT2D eigenvalue weighted by atomic mass is 19.3. The molecule has 2 unspecified atom stereocenters. The van der Waals surface area contributed by atoms with Crippen LogP contribution in [0.1, 0.15) is 56.6 Å². The lowest BCUT2D eigenvalue weighted by Gasteiger charge is -2.37. The molecular formula is C31H36F2N2O3. The smallest absolute Gasteiger partial charge is 0.270 e. The van der Waals surface area contributed by atoms with Gasteiger partial charge in [-0.15, -0.1) is 0 Å². The molecule has 4 aliphatic rings. The number of fused-ring (bicyclic) bond motifs is 2. The molecule has 0 spiro atoms. The summed E-state index contributed by atoms with van der Waals surface area (Å²) in [6, 6.07) is 14.7. The van der Waals surface area contributed by atoms with Crippen LogP contribution in [0.3, 0.4) is 0 Å². The van der Waals surface area contributed by atoms with Gasteiger partial charge in [0.05, 0.1) is 0 Å². The van der Waals surface area contributed by atoms with E-state index in [9.17, 15) is 18.4 Å². The lowest BCUT2D eigenvalue weighted by Crippen LogP contribution is -2.41. The fourth-order valence-electron chi connectivity index (χ4n) is 7.14. The number of alkyl halides is 2. The number of anilines is 1. The molecule has 2 aromatic rings. The Labute approximate surface area is 222 Å². The number of rotatable bonds is 8. The lowest BCUT2D eigenvalue weighted by molar-refractivity contribution is -0.124.